The third-order valence-electron chi connectivity index (χ3n) is 9.70. The molecule has 1 aliphatic carbocycles. The van der Waals surface area contributed by atoms with Gasteiger partial charge in [-0.1, -0.05) is 55.2 Å². The van der Waals surface area contributed by atoms with Gasteiger partial charge in [0.25, 0.3) is 0 Å². The summed E-state index contributed by atoms with van der Waals surface area (Å²) in [5.41, 5.74) is 6.30. The van der Waals surface area contributed by atoms with Crippen LogP contribution >= 0.6 is 0 Å². The number of nitrogens with zero attached hydrogens (tertiary/aromatic N) is 4. The summed E-state index contributed by atoms with van der Waals surface area (Å²) in [4.78, 5) is 22.0. The molecule has 1 N–H and O–H groups in total. The Hall–Kier alpha value is -2.70. The molecule has 0 spiro atoms. The molecule has 6 heteroatoms. The molecular weight excluding hydrogens is 472 g/mol. The number of carbonyl (C=O) groups is 1. The second-order valence-corrected chi connectivity index (χ2v) is 12.3. The summed E-state index contributed by atoms with van der Waals surface area (Å²) < 4.78 is 2.28. The van der Waals surface area contributed by atoms with E-state index in [1.165, 1.54) is 41.6 Å². The summed E-state index contributed by atoms with van der Waals surface area (Å²) >= 11 is 0. The molecule has 3 aromatic rings. The lowest BCUT2D eigenvalue weighted by Crippen LogP contribution is -2.43. The summed E-state index contributed by atoms with van der Waals surface area (Å²) in [7, 11) is 0. The van der Waals surface area contributed by atoms with E-state index in [1.54, 1.807) is 0 Å². The zero-order chi connectivity index (χ0) is 26.2. The molecule has 1 saturated carbocycles. The minimum absolute atomic E-state index is 0.345. The van der Waals surface area contributed by atoms with Crippen LogP contribution in [0.5, 0.6) is 0 Å². The van der Waals surface area contributed by atoms with Gasteiger partial charge in [-0.3, -0.25) is 9.69 Å². The fourth-order valence-corrected chi connectivity index (χ4v) is 7.29. The van der Waals surface area contributed by atoms with Crippen molar-refractivity contribution in [3.63, 3.8) is 0 Å². The average molecular weight is 515 g/mol. The van der Waals surface area contributed by atoms with Gasteiger partial charge in [0.15, 0.2) is 0 Å². The van der Waals surface area contributed by atoms with Crippen molar-refractivity contribution in [1.82, 2.24) is 19.2 Å². The average Bonchev–Trinajstić information content (AvgIpc) is 3.49. The van der Waals surface area contributed by atoms with E-state index < -0.39 is 5.97 Å². The Kier molecular flexibility index (Phi) is 7.28. The van der Waals surface area contributed by atoms with Crippen LogP contribution in [0.2, 0.25) is 0 Å². The number of aryl methyl sites for hydroxylation is 2. The maximum atomic E-state index is 12.4. The minimum atomic E-state index is -0.635. The van der Waals surface area contributed by atoms with Gasteiger partial charge in [0.1, 0.15) is 11.7 Å². The quantitative estimate of drug-likeness (QED) is 0.431. The highest BCUT2D eigenvalue weighted by Gasteiger charge is 2.41. The van der Waals surface area contributed by atoms with Crippen LogP contribution in [0.3, 0.4) is 0 Å². The van der Waals surface area contributed by atoms with E-state index in [0.29, 0.717) is 23.7 Å². The lowest BCUT2D eigenvalue weighted by atomic mass is 9.80. The van der Waals surface area contributed by atoms with Crippen LogP contribution in [0.15, 0.2) is 48.8 Å². The van der Waals surface area contributed by atoms with Crippen molar-refractivity contribution in [1.29, 1.82) is 0 Å². The first kappa shape index (κ1) is 25.6. The van der Waals surface area contributed by atoms with E-state index in [2.05, 4.69) is 76.8 Å². The van der Waals surface area contributed by atoms with E-state index in [-0.39, 0.29) is 6.04 Å². The van der Waals surface area contributed by atoms with Gasteiger partial charge in [0.05, 0.1) is 0 Å². The van der Waals surface area contributed by atoms with Crippen LogP contribution in [0, 0.1) is 25.7 Å². The second-order valence-electron chi connectivity index (χ2n) is 12.3. The fraction of sp³-hybridized carbons (Fsp3) is 0.562. The van der Waals surface area contributed by atoms with Crippen LogP contribution < -0.4 is 0 Å². The number of fused-ring (bicyclic) bond motifs is 1. The molecule has 6 nitrogen and oxygen atoms in total. The Bertz CT molecular complexity index is 1270. The number of likely N-dealkylation sites (tertiary alicyclic amines) is 2. The Morgan fingerprint density at radius 2 is 1.89 bits per heavy atom. The fourth-order valence-electron chi connectivity index (χ4n) is 7.29. The van der Waals surface area contributed by atoms with Crippen molar-refractivity contribution >= 4 is 11.6 Å². The Morgan fingerprint density at radius 3 is 2.61 bits per heavy atom. The van der Waals surface area contributed by atoms with Crippen molar-refractivity contribution in [3.05, 3.63) is 71.2 Å². The number of hydrogen-bond acceptors (Lipinski definition) is 4. The number of pyridine rings is 1. The third-order valence-corrected chi connectivity index (χ3v) is 9.70. The molecule has 6 rings (SSSR count). The van der Waals surface area contributed by atoms with Crippen LogP contribution in [0.4, 0.5) is 0 Å². The van der Waals surface area contributed by atoms with Crippen LogP contribution in [0.1, 0.15) is 72.7 Å². The van der Waals surface area contributed by atoms with Crippen molar-refractivity contribution in [2.24, 2.45) is 11.8 Å². The highest BCUT2D eigenvalue weighted by atomic mass is 16.4. The molecule has 0 amide bonds. The van der Waals surface area contributed by atoms with Crippen LogP contribution in [-0.2, 0) is 4.79 Å². The molecule has 2 aromatic heterocycles. The number of benzene rings is 1. The summed E-state index contributed by atoms with van der Waals surface area (Å²) in [5, 5.41) is 10.2. The maximum Gasteiger partial charge on any atom is 0.320 e. The van der Waals surface area contributed by atoms with E-state index in [9.17, 15) is 9.90 Å². The van der Waals surface area contributed by atoms with Gasteiger partial charge in [-0.25, -0.2) is 4.98 Å². The van der Waals surface area contributed by atoms with Gasteiger partial charge >= 0.3 is 5.97 Å². The Balaban J connectivity index is 1.15. The topological polar surface area (TPSA) is 61.1 Å². The van der Waals surface area contributed by atoms with E-state index >= 15 is 0 Å². The smallest absolute Gasteiger partial charge is 0.320 e. The minimum Gasteiger partial charge on any atom is -0.480 e. The number of carboxylic acid groups (broad SMARTS) is 1. The molecule has 3 fully saturated rings. The highest BCUT2D eigenvalue weighted by Crippen LogP contribution is 2.39. The first-order valence-electron chi connectivity index (χ1n) is 14.6. The first-order valence-corrected chi connectivity index (χ1v) is 14.6. The van der Waals surface area contributed by atoms with E-state index in [4.69, 9.17) is 4.98 Å². The molecule has 202 valence electrons. The summed E-state index contributed by atoms with van der Waals surface area (Å²) in [5.74, 6) is 1.34. The summed E-state index contributed by atoms with van der Waals surface area (Å²) in [6.07, 6.45) is 11.0. The number of rotatable bonds is 8. The second kappa shape index (κ2) is 10.8. The zero-order valence-electron chi connectivity index (χ0n) is 22.9. The van der Waals surface area contributed by atoms with Gasteiger partial charge in [0.2, 0.25) is 0 Å². The molecule has 0 radical (unpaired) electrons. The van der Waals surface area contributed by atoms with Crippen LogP contribution in [-0.4, -0.2) is 69.0 Å². The van der Waals surface area contributed by atoms with E-state index in [0.717, 1.165) is 57.6 Å². The maximum absolute atomic E-state index is 12.4. The highest BCUT2D eigenvalue weighted by molar-refractivity contribution is 5.73. The number of aromatic nitrogens is 2. The third kappa shape index (κ3) is 5.13. The monoisotopic (exact) mass is 514 g/mol. The summed E-state index contributed by atoms with van der Waals surface area (Å²) in [6, 6.07) is 12.8. The largest absolute Gasteiger partial charge is 0.480 e. The number of imidazole rings is 1. The van der Waals surface area contributed by atoms with Crippen molar-refractivity contribution in [2.45, 2.75) is 70.3 Å². The van der Waals surface area contributed by atoms with Crippen molar-refractivity contribution in [3.8, 4) is 0 Å². The molecule has 4 heterocycles. The Labute approximate surface area is 226 Å². The molecule has 1 aromatic carbocycles. The van der Waals surface area contributed by atoms with Gasteiger partial charge < -0.3 is 14.4 Å². The van der Waals surface area contributed by atoms with Gasteiger partial charge in [-0.15, -0.1) is 0 Å². The molecule has 3 aliphatic rings. The SMILES string of the molecule is Cc1cccc([C@H]2CN([C@H](CC3CCC3)C(=O)O)C[C@@H]2CN2CCC(c3cnc4c(C)cccn34)CC2)c1. The molecule has 2 aliphatic heterocycles. The molecule has 0 bridgehead atoms. The van der Waals surface area contributed by atoms with Crippen molar-refractivity contribution in [2.75, 3.05) is 32.7 Å². The normalized spacial score (nSPS) is 24.6. The molecular formula is C32H42N4O2. The summed E-state index contributed by atoms with van der Waals surface area (Å²) in [6.45, 7) is 9.25. The molecule has 2 saturated heterocycles. The molecule has 0 unspecified atom stereocenters. The Morgan fingerprint density at radius 1 is 1.08 bits per heavy atom. The first-order chi connectivity index (χ1) is 18.5. The van der Waals surface area contributed by atoms with Gasteiger partial charge in [-0.2, -0.15) is 0 Å². The molecule has 3 atom stereocenters. The number of carboxylic acids is 1. The number of hydrogen-bond donors (Lipinski definition) is 1. The zero-order valence-corrected chi connectivity index (χ0v) is 22.9. The van der Waals surface area contributed by atoms with Crippen LogP contribution in [0.25, 0.3) is 5.65 Å². The lowest BCUT2D eigenvalue weighted by molar-refractivity contribution is -0.144. The number of aliphatic carboxylic acids is 1. The lowest BCUT2D eigenvalue weighted by Gasteiger charge is -2.35. The van der Waals surface area contributed by atoms with Crippen molar-refractivity contribution < 1.29 is 9.90 Å². The van der Waals surface area contributed by atoms with E-state index in [1.807, 2.05) is 0 Å². The number of piperidine rings is 1. The van der Waals surface area contributed by atoms with Gasteiger partial charge in [-0.05, 0) is 75.2 Å². The van der Waals surface area contributed by atoms with Gasteiger partial charge in [0, 0.05) is 49.6 Å². The predicted molar refractivity (Wildman–Crippen MR) is 151 cm³/mol. The molecule has 38 heavy (non-hydrogen) atoms. The predicted octanol–water partition coefficient (Wildman–Crippen LogP) is 5.49. The standard InChI is InChI=1S/C32H42N4O2/c1-22-6-3-10-26(16-22)28-21-35(29(32(37)38)17-24-8-4-9-24)20-27(28)19-34-14-11-25(12-15-34)30-18-33-31-23(2)7-5-13-36(30)31/h3,5-7,10,13,16,18,24-25,27-29H,4,8-9,11-12,14-15,17,19-21H2,1-2H3,(H,37,38)/t27-,28+,29+/m0/s1.